The number of piperidine rings is 1. The normalized spacial score (nSPS) is 14.3. The number of carbonyl (C=O) groups excluding carboxylic acids is 2. The molecule has 1 amide bonds. The second-order valence-corrected chi connectivity index (χ2v) is 10.2. The van der Waals surface area contributed by atoms with Gasteiger partial charge < -0.3 is 20.1 Å². The molecule has 1 heterocycles. The second kappa shape index (κ2) is 15.3. The molecule has 0 bridgehead atoms. The fraction of sp³-hybridized carbons (Fsp3) is 0.375. The average molecular weight is 545 g/mol. The SMILES string of the molecule is CN(CCO)Cc1ccc(C(=O)CNCCN2CCC(OC(=O)Nc3ccccc3-c3ccccc3)CC2)cc1. The van der Waals surface area contributed by atoms with E-state index >= 15 is 0 Å². The van der Waals surface area contributed by atoms with Crippen LogP contribution in [0.5, 0.6) is 0 Å². The van der Waals surface area contributed by atoms with Gasteiger partial charge >= 0.3 is 6.09 Å². The number of amides is 1. The molecule has 3 aromatic rings. The Hall–Kier alpha value is -3.56. The summed E-state index contributed by atoms with van der Waals surface area (Å²) >= 11 is 0. The van der Waals surface area contributed by atoms with Crippen LogP contribution in [0.15, 0.2) is 78.9 Å². The summed E-state index contributed by atoms with van der Waals surface area (Å²) in [4.78, 5) is 29.5. The van der Waals surface area contributed by atoms with Gasteiger partial charge in [0.2, 0.25) is 0 Å². The summed E-state index contributed by atoms with van der Waals surface area (Å²) in [5.74, 6) is 0.0715. The number of aliphatic hydroxyl groups is 1. The fourth-order valence-corrected chi connectivity index (χ4v) is 4.90. The summed E-state index contributed by atoms with van der Waals surface area (Å²) in [5, 5.41) is 15.2. The maximum Gasteiger partial charge on any atom is 0.411 e. The number of hydrogen-bond donors (Lipinski definition) is 3. The van der Waals surface area contributed by atoms with Crippen LogP contribution in [0.3, 0.4) is 0 Å². The number of likely N-dealkylation sites (N-methyl/N-ethyl adjacent to an activating group) is 1. The van der Waals surface area contributed by atoms with E-state index in [-0.39, 0.29) is 18.5 Å². The van der Waals surface area contributed by atoms with Gasteiger partial charge in [0.15, 0.2) is 5.78 Å². The molecular formula is C32H40N4O4. The Morgan fingerprint density at radius 1 is 0.975 bits per heavy atom. The zero-order valence-corrected chi connectivity index (χ0v) is 23.2. The zero-order chi connectivity index (χ0) is 28.2. The zero-order valence-electron chi connectivity index (χ0n) is 23.2. The topological polar surface area (TPSA) is 94.1 Å². The van der Waals surface area contributed by atoms with Crippen LogP contribution in [0.25, 0.3) is 11.1 Å². The summed E-state index contributed by atoms with van der Waals surface area (Å²) in [7, 11) is 1.96. The molecule has 0 aromatic heterocycles. The molecule has 0 unspecified atom stereocenters. The van der Waals surface area contributed by atoms with E-state index < -0.39 is 6.09 Å². The van der Waals surface area contributed by atoms with Crippen molar-refractivity contribution in [2.45, 2.75) is 25.5 Å². The lowest BCUT2D eigenvalue weighted by Gasteiger charge is -2.31. The van der Waals surface area contributed by atoms with Crippen LogP contribution in [0.4, 0.5) is 10.5 Å². The molecule has 1 aliphatic heterocycles. The van der Waals surface area contributed by atoms with E-state index in [1.54, 1.807) is 0 Å². The standard InChI is InChI=1S/C32H40N4O4/c1-35(21-22-37)24-25-11-13-27(14-12-25)31(38)23-33-17-20-36-18-15-28(16-19-36)40-32(39)34-30-10-6-5-9-29(30)26-7-3-2-4-8-26/h2-14,28,33,37H,15-24H2,1H3,(H,34,39). The highest BCUT2D eigenvalue weighted by atomic mass is 16.6. The lowest BCUT2D eigenvalue weighted by atomic mass is 10.0. The minimum atomic E-state index is -0.424. The van der Waals surface area contributed by atoms with Crippen LogP contribution in [-0.2, 0) is 11.3 Å². The molecule has 1 fully saturated rings. The Balaban J connectivity index is 1.12. The Morgan fingerprint density at radius 2 is 1.68 bits per heavy atom. The summed E-state index contributed by atoms with van der Waals surface area (Å²) in [5.41, 5.74) is 4.54. The maximum atomic E-state index is 12.6. The number of carbonyl (C=O) groups is 2. The van der Waals surface area contributed by atoms with Crippen molar-refractivity contribution in [2.75, 3.05) is 58.2 Å². The van der Waals surface area contributed by atoms with Gasteiger partial charge in [0.1, 0.15) is 6.10 Å². The average Bonchev–Trinajstić information content (AvgIpc) is 2.97. The van der Waals surface area contributed by atoms with E-state index in [0.29, 0.717) is 18.7 Å². The fourth-order valence-electron chi connectivity index (χ4n) is 4.90. The Bertz CT molecular complexity index is 1210. The third-order valence-corrected chi connectivity index (χ3v) is 7.16. The van der Waals surface area contributed by atoms with Gasteiger partial charge in [-0.05, 0) is 37.1 Å². The molecule has 1 aliphatic rings. The lowest BCUT2D eigenvalue weighted by Crippen LogP contribution is -2.42. The Kier molecular flexibility index (Phi) is 11.2. The van der Waals surface area contributed by atoms with Gasteiger partial charge in [-0.2, -0.15) is 0 Å². The van der Waals surface area contributed by atoms with Gasteiger partial charge in [-0.25, -0.2) is 4.79 Å². The summed E-state index contributed by atoms with van der Waals surface area (Å²) < 4.78 is 5.73. The van der Waals surface area contributed by atoms with Gasteiger partial charge in [0, 0.05) is 50.4 Å². The number of anilines is 1. The third kappa shape index (κ3) is 8.99. The van der Waals surface area contributed by atoms with Gasteiger partial charge in [-0.15, -0.1) is 0 Å². The highest BCUT2D eigenvalue weighted by molar-refractivity contribution is 5.97. The lowest BCUT2D eigenvalue weighted by molar-refractivity contribution is 0.0593. The quantitative estimate of drug-likeness (QED) is 0.219. The van der Waals surface area contributed by atoms with Crippen molar-refractivity contribution < 1.29 is 19.4 Å². The van der Waals surface area contributed by atoms with E-state index in [4.69, 9.17) is 9.84 Å². The number of nitrogens with one attached hydrogen (secondary N) is 2. The monoisotopic (exact) mass is 544 g/mol. The third-order valence-electron chi connectivity index (χ3n) is 7.16. The maximum absolute atomic E-state index is 12.6. The van der Waals surface area contributed by atoms with Crippen molar-refractivity contribution in [1.82, 2.24) is 15.1 Å². The first-order chi connectivity index (χ1) is 19.5. The molecule has 212 valence electrons. The summed E-state index contributed by atoms with van der Waals surface area (Å²) in [6.07, 6.45) is 1.03. The number of para-hydroxylation sites is 1. The predicted molar refractivity (Wildman–Crippen MR) is 159 cm³/mol. The molecule has 3 aromatic carbocycles. The largest absolute Gasteiger partial charge is 0.446 e. The van der Waals surface area contributed by atoms with Crippen molar-refractivity contribution >= 4 is 17.6 Å². The number of ether oxygens (including phenoxy) is 1. The van der Waals surface area contributed by atoms with Crippen molar-refractivity contribution in [3.8, 4) is 11.1 Å². The molecular weight excluding hydrogens is 504 g/mol. The van der Waals surface area contributed by atoms with Crippen LogP contribution in [0.1, 0.15) is 28.8 Å². The molecule has 4 rings (SSSR count). The molecule has 0 spiro atoms. The first-order valence-corrected chi connectivity index (χ1v) is 14.0. The molecule has 8 heteroatoms. The van der Waals surface area contributed by atoms with E-state index in [1.165, 1.54) is 0 Å². The van der Waals surface area contributed by atoms with E-state index in [2.05, 4.69) is 15.5 Å². The highest BCUT2D eigenvalue weighted by Crippen LogP contribution is 2.28. The van der Waals surface area contributed by atoms with Crippen LogP contribution < -0.4 is 10.6 Å². The van der Waals surface area contributed by atoms with Crippen molar-refractivity contribution in [2.24, 2.45) is 0 Å². The van der Waals surface area contributed by atoms with Crippen molar-refractivity contribution in [3.63, 3.8) is 0 Å². The molecule has 3 N–H and O–H groups in total. The van der Waals surface area contributed by atoms with Gasteiger partial charge in [-0.3, -0.25) is 15.0 Å². The minimum Gasteiger partial charge on any atom is -0.446 e. The van der Waals surface area contributed by atoms with E-state index in [0.717, 1.165) is 67.9 Å². The van der Waals surface area contributed by atoms with Gasteiger partial charge in [0.05, 0.1) is 18.8 Å². The Labute approximate surface area is 236 Å². The van der Waals surface area contributed by atoms with Crippen LogP contribution in [0.2, 0.25) is 0 Å². The number of hydrogen-bond acceptors (Lipinski definition) is 7. The number of nitrogens with zero attached hydrogens (tertiary/aromatic N) is 2. The van der Waals surface area contributed by atoms with Crippen LogP contribution >= 0.6 is 0 Å². The number of rotatable bonds is 13. The smallest absolute Gasteiger partial charge is 0.411 e. The molecule has 1 saturated heterocycles. The number of likely N-dealkylation sites (tertiary alicyclic amines) is 1. The number of aliphatic hydroxyl groups excluding tert-OH is 1. The molecule has 0 aliphatic carbocycles. The Morgan fingerprint density at radius 3 is 2.40 bits per heavy atom. The predicted octanol–water partition coefficient (Wildman–Crippen LogP) is 4.26. The first kappa shape index (κ1) is 29.4. The van der Waals surface area contributed by atoms with Gasteiger partial charge in [-0.1, -0.05) is 72.8 Å². The number of benzene rings is 3. The van der Waals surface area contributed by atoms with E-state index in [9.17, 15) is 9.59 Å². The van der Waals surface area contributed by atoms with Crippen LogP contribution in [-0.4, -0.2) is 85.8 Å². The van der Waals surface area contributed by atoms with Crippen LogP contribution in [0, 0.1) is 0 Å². The number of ketones is 1. The van der Waals surface area contributed by atoms with Crippen molar-refractivity contribution in [3.05, 3.63) is 90.0 Å². The first-order valence-electron chi connectivity index (χ1n) is 14.0. The summed E-state index contributed by atoms with van der Waals surface area (Å²) in [6, 6.07) is 25.4. The second-order valence-electron chi connectivity index (χ2n) is 10.2. The summed E-state index contributed by atoms with van der Waals surface area (Å²) in [6.45, 7) is 5.04. The molecule has 0 atom stereocenters. The van der Waals surface area contributed by atoms with Crippen molar-refractivity contribution in [1.29, 1.82) is 0 Å². The molecule has 0 saturated carbocycles. The molecule has 40 heavy (non-hydrogen) atoms. The van der Waals surface area contributed by atoms with E-state index in [1.807, 2.05) is 90.8 Å². The highest BCUT2D eigenvalue weighted by Gasteiger charge is 2.22. The number of Topliss-reactive ketones (excluding diaryl/α,β-unsaturated/α-hetero) is 1. The molecule has 8 nitrogen and oxygen atoms in total. The van der Waals surface area contributed by atoms with Gasteiger partial charge in [0.25, 0.3) is 0 Å². The molecule has 0 radical (unpaired) electrons. The minimum absolute atomic E-state index is 0.0715.